The van der Waals surface area contributed by atoms with Crippen LogP contribution < -0.4 is 31.8 Å². The second kappa shape index (κ2) is 15.7. The standard InChI is InChI=1S/C44H37Cl2F3N8O8/c1-21-6-5-7-26(36(21)58)35-25-12-15-55-41(62)54(14-13-29-39(60)53(2)32-19-34(65-4)33(64-3)18-30(32)51-29)42(63)57(55)31(25)17-27-38(59)56(40(61)43(27,35)22-8-10-24(45)11-9-22)52-37-28(46)16-23(20-50-37)44(47,48)49/h5-12,16,18-20,27,31,35,58H,13-15,17H2,1-4H3,(H,50,52). The number of imide groups is 1. The van der Waals surface area contributed by atoms with E-state index in [1.807, 2.05) is 0 Å². The molecule has 65 heavy (non-hydrogen) atoms. The molecule has 2 aliphatic heterocycles. The molecule has 1 aliphatic carbocycles. The number of hydrazine groups is 1. The average Bonchev–Trinajstić information content (AvgIpc) is 3.65. The number of anilines is 1. The van der Waals surface area contributed by atoms with Crippen LogP contribution in [0, 0.1) is 12.8 Å². The first-order valence-corrected chi connectivity index (χ1v) is 20.8. The summed E-state index contributed by atoms with van der Waals surface area (Å²) >= 11 is 12.6. The van der Waals surface area contributed by atoms with Crippen molar-refractivity contribution >= 4 is 51.9 Å². The maximum atomic E-state index is 15.4. The van der Waals surface area contributed by atoms with Gasteiger partial charge in [-0.3, -0.25) is 19.8 Å². The molecular weight excluding hydrogens is 896 g/mol. The fourth-order valence-electron chi connectivity index (χ4n) is 9.63. The molecule has 0 bridgehead atoms. The number of aromatic nitrogens is 6. The third-order valence-electron chi connectivity index (χ3n) is 12.7. The minimum Gasteiger partial charge on any atom is -0.507 e. The lowest BCUT2D eigenvalue weighted by molar-refractivity contribution is -0.139. The molecule has 3 aromatic carbocycles. The zero-order valence-electron chi connectivity index (χ0n) is 34.8. The highest BCUT2D eigenvalue weighted by Crippen LogP contribution is 2.63. The molecule has 1 saturated heterocycles. The van der Waals surface area contributed by atoms with E-state index in [0.717, 1.165) is 4.57 Å². The number of methoxy groups -OCH3 is 2. The predicted octanol–water partition coefficient (Wildman–Crippen LogP) is 5.67. The number of nitrogens with one attached hydrogen (secondary N) is 1. The maximum Gasteiger partial charge on any atom is 0.417 e. The summed E-state index contributed by atoms with van der Waals surface area (Å²) < 4.78 is 56.3. The highest BCUT2D eigenvalue weighted by Gasteiger charge is 2.69. The number of ether oxygens (including phenoxy) is 2. The van der Waals surface area contributed by atoms with E-state index in [4.69, 9.17) is 32.7 Å². The Morgan fingerprint density at radius 1 is 0.969 bits per heavy atom. The summed E-state index contributed by atoms with van der Waals surface area (Å²) in [6.45, 7) is 1.23. The molecule has 3 aromatic heterocycles. The van der Waals surface area contributed by atoms with E-state index in [2.05, 4.69) is 15.4 Å². The molecule has 1 saturated carbocycles. The Morgan fingerprint density at radius 2 is 1.68 bits per heavy atom. The number of phenolic OH excluding ortho intramolecular Hbond substituents is 1. The molecule has 5 heterocycles. The Balaban J connectivity index is 1.17. The van der Waals surface area contributed by atoms with Gasteiger partial charge in [-0.2, -0.15) is 18.2 Å². The van der Waals surface area contributed by atoms with Crippen molar-refractivity contribution in [1.29, 1.82) is 0 Å². The molecular formula is C44H37Cl2F3N8O8. The van der Waals surface area contributed by atoms with Crippen molar-refractivity contribution in [2.24, 2.45) is 13.0 Å². The van der Waals surface area contributed by atoms with Gasteiger partial charge < -0.3 is 19.1 Å². The number of allylic oxidation sites excluding steroid dienone is 2. The fraction of sp³-hybridized carbons (Fsp3) is 0.295. The number of carbonyl (C=O) groups is 2. The number of halogens is 5. The van der Waals surface area contributed by atoms with Crippen LogP contribution in [-0.2, 0) is 47.7 Å². The van der Waals surface area contributed by atoms with Gasteiger partial charge in [0.25, 0.3) is 17.4 Å². The monoisotopic (exact) mass is 932 g/mol. The van der Waals surface area contributed by atoms with Crippen LogP contribution in [0.3, 0.4) is 0 Å². The van der Waals surface area contributed by atoms with E-state index in [0.29, 0.717) is 61.5 Å². The highest BCUT2D eigenvalue weighted by atomic mass is 35.5. The zero-order valence-corrected chi connectivity index (χ0v) is 36.3. The summed E-state index contributed by atoms with van der Waals surface area (Å²) in [7, 11) is 4.48. The van der Waals surface area contributed by atoms with E-state index < -0.39 is 74.6 Å². The molecule has 0 radical (unpaired) electrons. The first-order chi connectivity index (χ1) is 30.9. The van der Waals surface area contributed by atoms with Gasteiger partial charge in [0.15, 0.2) is 17.3 Å². The van der Waals surface area contributed by atoms with Crippen LogP contribution in [0.4, 0.5) is 19.0 Å². The van der Waals surface area contributed by atoms with Gasteiger partial charge in [0.1, 0.15) is 11.4 Å². The fourth-order valence-corrected chi connectivity index (χ4v) is 9.97. The third-order valence-corrected chi connectivity index (χ3v) is 13.2. The Hall–Kier alpha value is -6.86. The van der Waals surface area contributed by atoms with Crippen LogP contribution in [0.25, 0.3) is 11.0 Å². The predicted molar refractivity (Wildman–Crippen MR) is 230 cm³/mol. The van der Waals surface area contributed by atoms with Gasteiger partial charge in [-0.15, -0.1) is 0 Å². The first-order valence-electron chi connectivity index (χ1n) is 20.1. The second-order valence-electron chi connectivity index (χ2n) is 16.0. The number of hydrogen-bond donors (Lipinski definition) is 2. The highest BCUT2D eigenvalue weighted by molar-refractivity contribution is 6.33. The Bertz CT molecular complexity index is 3220. The zero-order chi connectivity index (χ0) is 46.4. The summed E-state index contributed by atoms with van der Waals surface area (Å²) in [5.74, 6) is -4.09. The van der Waals surface area contributed by atoms with Gasteiger partial charge in [-0.1, -0.05) is 59.6 Å². The smallest absolute Gasteiger partial charge is 0.417 e. The summed E-state index contributed by atoms with van der Waals surface area (Å²) in [6, 6.07) is 13.9. The summed E-state index contributed by atoms with van der Waals surface area (Å²) in [5.41, 5.74) is -0.0880. The van der Waals surface area contributed by atoms with E-state index in [1.165, 1.54) is 40.3 Å². The van der Waals surface area contributed by atoms with Crippen LogP contribution in [0.2, 0.25) is 10.0 Å². The molecule has 9 rings (SSSR count). The van der Waals surface area contributed by atoms with Crippen molar-refractivity contribution in [3.63, 3.8) is 0 Å². The number of aryl methyl sites for hydroxylation is 3. The normalized spacial score (nSPS) is 20.4. The van der Waals surface area contributed by atoms with Crippen molar-refractivity contribution in [2.75, 3.05) is 19.6 Å². The van der Waals surface area contributed by atoms with Crippen LogP contribution >= 0.6 is 23.2 Å². The number of alkyl halides is 3. The topological polar surface area (TPSA) is 185 Å². The number of para-hydroxylation sites is 1. The quantitative estimate of drug-likeness (QED) is 0.135. The maximum absolute atomic E-state index is 15.4. The molecule has 336 valence electrons. The lowest BCUT2D eigenvalue weighted by Crippen LogP contribution is -2.53. The summed E-state index contributed by atoms with van der Waals surface area (Å²) in [4.78, 5) is 81.2. The van der Waals surface area contributed by atoms with Crippen LogP contribution in [0.1, 0.15) is 46.3 Å². The first kappa shape index (κ1) is 43.4. The Kier molecular flexibility index (Phi) is 10.5. The van der Waals surface area contributed by atoms with Crippen molar-refractivity contribution in [3.8, 4) is 17.2 Å². The minimum absolute atomic E-state index is 0.0669. The van der Waals surface area contributed by atoms with Gasteiger partial charge in [-0.05, 0) is 48.2 Å². The molecule has 2 fully saturated rings. The van der Waals surface area contributed by atoms with Gasteiger partial charge in [-0.25, -0.2) is 33.5 Å². The summed E-state index contributed by atoms with van der Waals surface area (Å²) in [5, 5.41) is 12.2. The van der Waals surface area contributed by atoms with E-state index in [9.17, 15) is 37.5 Å². The second-order valence-corrected chi connectivity index (χ2v) is 16.8. The number of carbonyl (C=O) groups excluding carboxylic acids is 2. The van der Waals surface area contributed by atoms with Gasteiger partial charge >= 0.3 is 17.6 Å². The van der Waals surface area contributed by atoms with Crippen molar-refractivity contribution in [2.45, 2.75) is 56.4 Å². The van der Waals surface area contributed by atoms with E-state index in [1.54, 1.807) is 62.5 Å². The number of hydrogen-bond acceptors (Lipinski definition) is 11. The number of nitrogens with zero attached hydrogens (tertiary/aromatic N) is 7. The molecule has 4 atom stereocenters. The largest absolute Gasteiger partial charge is 0.507 e. The minimum atomic E-state index is -4.79. The van der Waals surface area contributed by atoms with Crippen molar-refractivity contribution in [3.05, 3.63) is 148 Å². The molecule has 2 N–H and O–H groups in total. The molecule has 6 aromatic rings. The summed E-state index contributed by atoms with van der Waals surface area (Å²) in [6.07, 6.45) is -2.96. The number of aromatic hydroxyl groups is 1. The molecule has 16 nitrogen and oxygen atoms in total. The molecule has 0 spiro atoms. The number of amides is 2. The van der Waals surface area contributed by atoms with E-state index >= 15 is 4.79 Å². The van der Waals surface area contributed by atoms with Gasteiger partial charge in [0, 0.05) is 54.8 Å². The lowest BCUT2D eigenvalue weighted by atomic mass is 9.53. The van der Waals surface area contributed by atoms with E-state index in [-0.39, 0.29) is 42.9 Å². The molecule has 2 amide bonds. The Labute approximate surface area is 375 Å². The lowest BCUT2D eigenvalue weighted by Gasteiger charge is -2.49. The van der Waals surface area contributed by atoms with Crippen molar-refractivity contribution < 1.29 is 37.3 Å². The molecule has 21 heteroatoms. The van der Waals surface area contributed by atoms with Crippen LogP contribution in [0.15, 0.2) is 92.9 Å². The van der Waals surface area contributed by atoms with Gasteiger partial charge in [0.2, 0.25) is 0 Å². The van der Waals surface area contributed by atoms with Crippen molar-refractivity contribution in [1.82, 2.24) is 33.5 Å². The number of benzene rings is 3. The number of pyridine rings is 1. The molecule has 3 aliphatic rings. The Morgan fingerprint density at radius 3 is 2.35 bits per heavy atom. The number of phenols is 1. The van der Waals surface area contributed by atoms with Crippen LogP contribution in [-0.4, -0.2) is 64.6 Å². The average molecular weight is 934 g/mol. The molecule has 4 unspecified atom stereocenters. The van der Waals surface area contributed by atoms with Crippen LogP contribution in [0.5, 0.6) is 17.2 Å². The van der Waals surface area contributed by atoms with Gasteiger partial charge in [0.05, 0.1) is 59.8 Å². The SMILES string of the molecule is COc1cc2nc(CCn3c(=O)n4n(c3=O)C3CC5C(=O)N(Nc6ncc(C(F)(F)F)cc6Cl)C(=O)C5(c5ccc(Cl)cc5)C(c5cccc(C)c5O)C3=CC4)c(=O)n(C)c2cc1OC. The number of fused-ring (bicyclic) bond motifs is 5. The number of rotatable bonds is 9. The third kappa shape index (κ3) is 6.61.